The van der Waals surface area contributed by atoms with Gasteiger partial charge in [-0.25, -0.2) is 4.98 Å². The molecule has 0 bridgehead atoms. The van der Waals surface area contributed by atoms with Crippen molar-refractivity contribution in [2.45, 2.75) is 19.6 Å². The van der Waals surface area contributed by atoms with Crippen LogP contribution in [0.1, 0.15) is 18.3 Å². The van der Waals surface area contributed by atoms with Crippen LogP contribution < -0.4 is 5.32 Å². The SMILES string of the molecule is CCNc1ccc(Cl)c(Cn2ccc(C(F)(F)F)n2)n1. The van der Waals surface area contributed by atoms with Crippen molar-refractivity contribution in [1.29, 1.82) is 0 Å². The highest BCUT2D eigenvalue weighted by Gasteiger charge is 2.33. The summed E-state index contributed by atoms with van der Waals surface area (Å²) in [7, 11) is 0. The third-order valence-electron chi connectivity index (χ3n) is 2.52. The molecule has 0 atom stereocenters. The van der Waals surface area contributed by atoms with Crippen LogP contribution in [0, 0.1) is 0 Å². The van der Waals surface area contributed by atoms with Crippen LogP contribution in [-0.2, 0) is 12.7 Å². The monoisotopic (exact) mass is 304 g/mol. The number of pyridine rings is 1. The van der Waals surface area contributed by atoms with Gasteiger partial charge in [0, 0.05) is 12.7 Å². The minimum Gasteiger partial charge on any atom is -0.370 e. The molecule has 0 saturated heterocycles. The Bertz CT molecular complexity index is 595. The molecular formula is C12H12ClF3N4. The number of rotatable bonds is 4. The van der Waals surface area contributed by atoms with Gasteiger partial charge in [0.25, 0.3) is 0 Å². The molecule has 0 radical (unpaired) electrons. The van der Waals surface area contributed by atoms with Crippen molar-refractivity contribution in [2.75, 3.05) is 11.9 Å². The van der Waals surface area contributed by atoms with Gasteiger partial charge in [0.1, 0.15) is 5.82 Å². The number of hydrogen-bond acceptors (Lipinski definition) is 3. The highest BCUT2D eigenvalue weighted by molar-refractivity contribution is 6.31. The molecule has 0 aromatic carbocycles. The first-order chi connectivity index (χ1) is 9.40. The third-order valence-corrected chi connectivity index (χ3v) is 2.86. The second-order valence-corrected chi connectivity index (χ2v) is 4.46. The molecule has 0 amide bonds. The van der Waals surface area contributed by atoms with E-state index in [2.05, 4.69) is 15.4 Å². The summed E-state index contributed by atoms with van der Waals surface area (Å²) in [6.07, 6.45) is -3.20. The molecule has 2 aromatic rings. The zero-order valence-electron chi connectivity index (χ0n) is 10.6. The van der Waals surface area contributed by atoms with Crippen LogP contribution >= 0.6 is 11.6 Å². The number of aromatic nitrogens is 3. The topological polar surface area (TPSA) is 42.7 Å². The molecule has 0 aliphatic heterocycles. The summed E-state index contributed by atoms with van der Waals surface area (Å²) in [5.74, 6) is 0.620. The largest absolute Gasteiger partial charge is 0.435 e. The summed E-state index contributed by atoms with van der Waals surface area (Å²) in [5.41, 5.74) is -0.474. The Morgan fingerprint density at radius 1 is 1.30 bits per heavy atom. The Balaban J connectivity index is 2.21. The van der Waals surface area contributed by atoms with E-state index in [0.29, 0.717) is 23.1 Å². The van der Waals surface area contributed by atoms with Crippen LogP contribution in [0.3, 0.4) is 0 Å². The highest BCUT2D eigenvalue weighted by Crippen LogP contribution is 2.27. The van der Waals surface area contributed by atoms with Gasteiger partial charge >= 0.3 is 6.18 Å². The first-order valence-corrected chi connectivity index (χ1v) is 6.28. The Kier molecular flexibility index (Phi) is 4.17. The normalized spacial score (nSPS) is 11.7. The number of anilines is 1. The van der Waals surface area contributed by atoms with Gasteiger partial charge in [0.2, 0.25) is 0 Å². The molecular weight excluding hydrogens is 293 g/mol. The maximum atomic E-state index is 12.5. The quantitative estimate of drug-likeness (QED) is 0.941. The molecule has 108 valence electrons. The molecule has 4 nitrogen and oxygen atoms in total. The second-order valence-electron chi connectivity index (χ2n) is 4.05. The highest BCUT2D eigenvalue weighted by atomic mass is 35.5. The van der Waals surface area contributed by atoms with Gasteiger partial charge in [0.05, 0.1) is 17.3 Å². The molecule has 0 fully saturated rings. The van der Waals surface area contributed by atoms with E-state index >= 15 is 0 Å². The number of halogens is 4. The average Bonchev–Trinajstić information content (AvgIpc) is 2.82. The predicted molar refractivity (Wildman–Crippen MR) is 69.7 cm³/mol. The molecule has 2 rings (SSSR count). The number of alkyl halides is 3. The van der Waals surface area contributed by atoms with Crippen LogP contribution in [0.25, 0.3) is 0 Å². The van der Waals surface area contributed by atoms with Crippen molar-refractivity contribution in [3.63, 3.8) is 0 Å². The van der Waals surface area contributed by atoms with E-state index in [0.717, 1.165) is 10.7 Å². The van der Waals surface area contributed by atoms with Crippen molar-refractivity contribution in [3.8, 4) is 0 Å². The van der Waals surface area contributed by atoms with Crippen LogP contribution in [0.5, 0.6) is 0 Å². The maximum absolute atomic E-state index is 12.5. The zero-order chi connectivity index (χ0) is 14.8. The lowest BCUT2D eigenvalue weighted by Crippen LogP contribution is -2.10. The zero-order valence-corrected chi connectivity index (χ0v) is 11.3. The van der Waals surface area contributed by atoms with Crippen LogP contribution in [-0.4, -0.2) is 21.3 Å². The second kappa shape index (κ2) is 5.70. The van der Waals surface area contributed by atoms with Crippen molar-refractivity contribution in [2.24, 2.45) is 0 Å². The van der Waals surface area contributed by atoms with Gasteiger partial charge in [-0.05, 0) is 25.1 Å². The van der Waals surface area contributed by atoms with Gasteiger partial charge in [-0.15, -0.1) is 0 Å². The molecule has 0 unspecified atom stereocenters. The summed E-state index contributed by atoms with van der Waals surface area (Å²) < 4.78 is 38.5. The number of nitrogens with zero attached hydrogens (tertiary/aromatic N) is 3. The van der Waals surface area contributed by atoms with Gasteiger partial charge in [-0.1, -0.05) is 11.6 Å². The van der Waals surface area contributed by atoms with Crippen LogP contribution in [0.2, 0.25) is 5.02 Å². The summed E-state index contributed by atoms with van der Waals surface area (Å²) in [6.45, 7) is 2.68. The fraction of sp³-hybridized carbons (Fsp3) is 0.333. The molecule has 0 saturated carbocycles. The molecule has 2 heterocycles. The average molecular weight is 305 g/mol. The molecule has 0 aliphatic carbocycles. The van der Waals surface area contributed by atoms with Gasteiger partial charge in [-0.2, -0.15) is 18.3 Å². The molecule has 8 heteroatoms. The molecule has 20 heavy (non-hydrogen) atoms. The Labute approximate surface area is 118 Å². The third kappa shape index (κ3) is 3.41. The minimum absolute atomic E-state index is 0.0775. The van der Waals surface area contributed by atoms with Crippen LogP contribution in [0.4, 0.5) is 19.0 Å². The predicted octanol–water partition coefficient (Wildman–Crippen LogP) is 3.43. The first-order valence-electron chi connectivity index (χ1n) is 5.90. The first kappa shape index (κ1) is 14.6. The lowest BCUT2D eigenvalue weighted by molar-refractivity contribution is -0.141. The van der Waals surface area contributed by atoms with Crippen molar-refractivity contribution in [1.82, 2.24) is 14.8 Å². The fourth-order valence-electron chi connectivity index (χ4n) is 1.63. The molecule has 2 aromatic heterocycles. The van der Waals surface area contributed by atoms with Crippen molar-refractivity contribution in [3.05, 3.63) is 40.8 Å². The Morgan fingerprint density at radius 3 is 2.65 bits per heavy atom. The minimum atomic E-state index is -4.45. The van der Waals surface area contributed by atoms with Gasteiger partial charge in [0.15, 0.2) is 5.69 Å². The molecule has 0 spiro atoms. The summed E-state index contributed by atoms with van der Waals surface area (Å²) in [5, 5.41) is 6.86. The van der Waals surface area contributed by atoms with Gasteiger partial charge in [-0.3, -0.25) is 4.68 Å². The summed E-state index contributed by atoms with van der Waals surface area (Å²) in [4.78, 5) is 4.24. The lowest BCUT2D eigenvalue weighted by Gasteiger charge is -2.08. The van der Waals surface area contributed by atoms with E-state index in [-0.39, 0.29) is 6.54 Å². The lowest BCUT2D eigenvalue weighted by atomic mass is 10.3. The maximum Gasteiger partial charge on any atom is 0.435 e. The standard InChI is InChI=1S/C12H12ClF3N4/c1-2-17-11-4-3-8(13)9(18-11)7-20-6-5-10(19-20)12(14,15)16/h3-6H,2,7H2,1H3,(H,17,18). The smallest absolute Gasteiger partial charge is 0.370 e. The Morgan fingerprint density at radius 2 is 2.05 bits per heavy atom. The molecule has 0 aliphatic rings. The van der Waals surface area contributed by atoms with E-state index < -0.39 is 11.9 Å². The van der Waals surface area contributed by atoms with E-state index in [1.165, 1.54) is 6.20 Å². The number of nitrogens with one attached hydrogen (secondary N) is 1. The number of hydrogen-bond donors (Lipinski definition) is 1. The van der Waals surface area contributed by atoms with Crippen LogP contribution in [0.15, 0.2) is 24.4 Å². The van der Waals surface area contributed by atoms with Gasteiger partial charge < -0.3 is 5.32 Å². The van der Waals surface area contributed by atoms with E-state index in [4.69, 9.17) is 11.6 Å². The summed E-state index contributed by atoms with van der Waals surface area (Å²) in [6, 6.07) is 4.28. The molecule has 1 N–H and O–H groups in total. The van der Waals surface area contributed by atoms with Crippen molar-refractivity contribution >= 4 is 17.4 Å². The fourth-order valence-corrected chi connectivity index (χ4v) is 1.79. The van der Waals surface area contributed by atoms with E-state index in [9.17, 15) is 13.2 Å². The van der Waals surface area contributed by atoms with E-state index in [1.54, 1.807) is 12.1 Å². The summed E-state index contributed by atoms with van der Waals surface area (Å²) >= 11 is 5.99. The Hall–Kier alpha value is -1.76. The van der Waals surface area contributed by atoms with Crippen molar-refractivity contribution < 1.29 is 13.2 Å². The van der Waals surface area contributed by atoms with E-state index in [1.807, 2.05) is 6.92 Å².